The Hall–Kier alpha value is -1.23. The number of carbonyl (C=O) groups is 1. The second kappa shape index (κ2) is 4.56. The average Bonchev–Trinajstić information content (AvgIpc) is 2.25. The Morgan fingerprint density at radius 3 is 2.82 bits per heavy atom. The molecule has 0 fully saturated rings. The van der Waals surface area contributed by atoms with Gasteiger partial charge in [-0.15, -0.1) is 0 Å². The van der Waals surface area contributed by atoms with Crippen LogP contribution in [-0.4, -0.2) is 17.2 Å². The summed E-state index contributed by atoms with van der Waals surface area (Å²) in [5.41, 5.74) is 1.99. The van der Waals surface area contributed by atoms with Gasteiger partial charge in [0.25, 0.3) is 0 Å². The van der Waals surface area contributed by atoms with Crippen molar-refractivity contribution < 1.29 is 9.90 Å². The normalized spacial score (nSPS) is 26.9. The van der Waals surface area contributed by atoms with Gasteiger partial charge in [0.15, 0.2) is 0 Å². The van der Waals surface area contributed by atoms with Crippen molar-refractivity contribution in [2.24, 2.45) is 5.92 Å². The van der Waals surface area contributed by atoms with Gasteiger partial charge in [-0.25, -0.2) is 4.79 Å². The summed E-state index contributed by atoms with van der Waals surface area (Å²) < 4.78 is 0.956. The molecule has 1 aromatic carbocycles. The van der Waals surface area contributed by atoms with Gasteiger partial charge in [0.1, 0.15) is 0 Å². The lowest BCUT2D eigenvalue weighted by Crippen LogP contribution is -2.42. The Labute approximate surface area is 109 Å². The number of rotatable bonds is 1. The molecule has 0 bridgehead atoms. The molecule has 0 saturated carbocycles. The minimum absolute atomic E-state index is 0.170. The van der Waals surface area contributed by atoms with E-state index in [-0.39, 0.29) is 18.0 Å². The van der Waals surface area contributed by atoms with Crippen LogP contribution in [0.4, 0.5) is 10.5 Å². The van der Waals surface area contributed by atoms with Gasteiger partial charge in [0.05, 0.1) is 6.04 Å². The van der Waals surface area contributed by atoms with Crippen molar-refractivity contribution in [1.82, 2.24) is 5.32 Å². The highest BCUT2D eigenvalue weighted by Gasteiger charge is 2.32. The number of amides is 1. The van der Waals surface area contributed by atoms with Crippen molar-refractivity contribution in [3.8, 4) is 0 Å². The Bertz CT molecular complexity index is 450. The van der Waals surface area contributed by atoms with Crippen molar-refractivity contribution in [3.63, 3.8) is 0 Å². The largest absolute Gasteiger partial charge is 0.465 e. The Balaban J connectivity index is 2.42. The summed E-state index contributed by atoms with van der Waals surface area (Å²) in [6.45, 7) is 4.11. The highest BCUT2D eigenvalue weighted by Crippen LogP contribution is 2.37. The second-order valence-corrected chi connectivity index (χ2v) is 5.37. The van der Waals surface area contributed by atoms with E-state index in [1.54, 1.807) is 0 Å². The molecule has 92 valence electrons. The molecule has 2 rings (SSSR count). The summed E-state index contributed by atoms with van der Waals surface area (Å²) in [4.78, 5) is 10.9. The van der Waals surface area contributed by atoms with Crippen LogP contribution in [0.15, 0.2) is 22.7 Å². The first-order valence-electron chi connectivity index (χ1n) is 5.54. The number of fused-ring (bicyclic) bond motifs is 1. The molecule has 3 N–H and O–H groups in total. The lowest BCUT2D eigenvalue weighted by molar-refractivity contribution is 0.183. The van der Waals surface area contributed by atoms with Crippen LogP contribution < -0.4 is 10.6 Å². The smallest absolute Gasteiger partial charge is 0.405 e. The maximum Gasteiger partial charge on any atom is 0.405 e. The van der Waals surface area contributed by atoms with Crippen LogP contribution in [0.2, 0.25) is 0 Å². The fourth-order valence-electron chi connectivity index (χ4n) is 2.21. The van der Waals surface area contributed by atoms with Gasteiger partial charge >= 0.3 is 6.09 Å². The molecular formula is C12H15BrN2O2. The molecule has 0 aromatic heterocycles. The number of halogens is 1. The van der Waals surface area contributed by atoms with Crippen LogP contribution in [-0.2, 0) is 0 Å². The van der Waals surface area contributed by atoms with E-state index in [1.165, 1.54) is 0 Å². The van der Waals surface area contributed by atoms with Crippen molar-refractivity contribution in [2.45, 2.75) is 25.9 Å². The number of carboxylic acid groups (broad SMARTS) is 1. The molecule has 0 radical (unpaired) electrons. The highest BCUT2D eigenvalue weighted by molar-refractivity contribution is 9.10. The van der Waals surface area contributed by atoms with Gasteiger partial charge in [0.2, 0.25) is 0 Å². The minimum Gasteiger partial charge on any atom is -0.465 e. The van der Waals surface area contributed by atoms with Gasteiger partial charge in [-0.1, -0.05) is 22.9 Å². The first kappa shape index (κ1) is 12.2. The van der Waals surface area contributed by atoms with E-state index in [9.17, 15) is 4.79 Å². The third-order valence-corrected chi connectivity index (χ3v) is 3.82. The zero-order valence-corrected chi connectivity index (χ0v) is 11.3. The van der Waals surface area contributed by atoms with Crippen molar-refractivity contribution in [1.29, 1.82) is 0 Å². The molecule has 1 aliphatic rings. The fourth-order valence-corrected chi connectivity index (χ4v) is 2.59. The Morgan fingerprint density at radius 1 is 1.47 bits per heavy atom. The van der Waals surface area contributed by atoms with Gasteiger partial charge < -0.3 is 15.7 Å². The maximum absolute atomic E-state index is 10.9. The number of anilines is 1. The molecule has 5 heteroatoms. The van der Waals surface area contributed by atoms with Crippen LogP contribution >= 0.6 is 15.9 Å². The first-order valence-corrected chi connectivity index (χ1v) is 6.34. The van der Waals surface area contributed by atoms with Gasteiger partial charge in [0, 0.05) is 22.1 Å². The molecule has 0 saturated heterocycles. The summed E-state index contributed by atoms with van der Waals surface area (Å²) in [5, 5.41) is 14.9. The molecule has 1 aromatic rings. The predicted octanol–water partition coefficient (Wildman–Crippen LogP) is 3.21. The topological polar surface area (TPSA) is 61.4 Å². The molecule has 0 unspecified atom stereocenters. The summed E-state index contributed by atoms with van der Waals surface area (Å²) >= 11 is 3.42. The molecule has 17 heavy (non-hydrogen) atoms. The maximum atomic E-state index is 10.9. The SMILES string of the molecule is C[C@@H]1[C@H](C)Nc2ccc(Br)cc2[C@@H]1NC(=O)O. The van der Waals surface area contributed by atoms with E-state index < -0.39 is 6.09 Å². The van der Waals surface area contributed by atoms with Gasteiger partial charge in [-0.2, -0.15) is 0 Å². The minimum atomic E-state index is -0.984. The van der Waals surface area contributed by atoms with Crippen LogP contribution in [0.1, 0.15) is 25.5 Å². The van der Waals surface area contributed by atoms with Crippen molar-refractivity contribution in [2.75, 3.05) is 5.32 Å². The molecule has 3 atom stereocenters. The second-order valence-electron chi connectivity index (χ2n) is 4.45. The van der Waals surface area contributed by atoms with Crippen molar-refractivity contribution >= 4 is 27.7 Å². The standard InChI is InChI=1S/C12H15BrN2O2/c1-6-7(2)14-10-4-3-8(13)5-9(10)11(6)15-12(16)17/h3-7,11,14-15H,1-2H3,(H,16,17)/t6-,7+,11-/m1/s1. The molecule has 1 heterocycles. The molecule has 1 aliphatic heterocycles. The first-order chi connectivity index (χ1) is 7.99. The molecular weight excluding hydrogens is 284 g/mol. The van der Waals surface area contributed by atoms with E-state index >= 15 is 0 Å². The summed E-state index contributed by atoms with van der Waals surface area (Å²) in [6, 6.07) is 5.95. The summed E-state index contributed by atoms with van der Waals surface area (Å²) in [5.74, 6) is 0.202. The monoisotopic (exact) mass is 298 g/mol. The summed E-state index contributed by atoms with van der Waals surface area (Å²) in [6.07, 6.45) is -0.984. The van der Waals surface area contributed by atoms with E-state index in [0.29, 0.717) is 0 Å². The third kappa shape index (κ3) is 2.39. The average molecular weight is 299 g/mol. The fraction of sp³-hybridized carbons (Fsp3) is 0.417. The van der Waals surface area contributed by atoms with E-state index in [4.69, 9.17) is 5.11 Å². The lowest BCUT2D eigenvalue weighted by atomic mass is 9.84. The Morgan fingerprint density at radius 2 is 2.18 bits per heavy atom. The molecule has 1 amide bonds. The zero-order chi connectivity index (χ0) is 12.6. The van der Waals surface area contributed by atoms with Crippen LogP contribution in [0.3, 0.4) is 0 Å². The van der Waals surface area contributed by atoms with Crippen LogP contribution in [0, 0.1) is 5.92 Å². The van der Waals surface area contributed by atoms with E-state index in [1.807, 2.05) is 25.1 Å². The highest BCUT2D eigenvalue weighted by atomic mass is 79.9. The third-order valence-electron chi connectivity index (χ3n) is 3.33. The van der Waals surface area contributed by atoms with Crippen LogP contribution in [0.25, 0.3) is 0 Å². The molecule has 4 nitrogen and oxygen atoms in total. The quantitative estimate of drug-likeness (QED) is 0.746. The Kier molecular flexibility index (Phi) is 3.28. The van der Waals surface area contributed by atoms with E-state index in [2.05, 4.69) is 33.5 Å². The number of hydrogen-bond acceptors (Lipinski definition) is 2. The van der Waals surface area contributed by atoms with E-state index in [0.717, 1.165) is 15.7 Å². The zero-order valence-electron chi connectivity index (χ0n) is 9.70. The molecule has 0 aliphatic carbocycles. The number of benzene rings is 1. The van der Waals surface area contributed by atoms with Crippen LogP contribution in [0.5, 0.6) is 0 Å². The predicted molar refractivity (Wildman–Crippen MR) is 70.3 cm³/mol. The molecule has 0 spiro atoms. The van der Waals surface area contributed by atoms with Gasteiger partial charge in [-0.05, 0) is 30.7 Å². The van der Waals surface area contributed by atoms with Crippen molar-refractivity contribution in [3.05, 3.63) is 28.2 Å². The number of nitrogens with one attached hydrogen (secondary N) is 2. The van der Waals surface area contributed by atoms with Gasteiger partial charge in [-0.3, -0.25) is 0 Å². The lowest BCUT2D eigenvalue weighted by Gasteiger charge is -2.37. The number of hydrogen-bond donors (Lipinski definition) is 3. The summed E-state index contributed by atoms with van der Waals surface area (Å²) in [7, 11) is 0.